The summed E-state index contributed by atoms with van der Waals surface area (Å²) in [4.78, 5) is 4.47. The van der Waals surface area contributed by atoms with Gasteiger partial charge in [-0.25, -0.2) is 4.98 Å². The molecule has 0 amide bonds. The van der Waals surface area contributed by atoms with E-state index in [0.29, 0.717) is 0 Å². The highest BCUT2D eigenvalue weighted by molar-refractivity contribution is 5.26. The second kappa shape index (κ2) is 5.80. The van der Waals surface area contributed by atoms with E-state index in [0.717, 1.165) is 18.9 Å². The Morgan fingerprint density at radius 3 is 2.50 bits per heavy atom. The molecule has 0 fully saturated rings. The molecule has 0 aliphatic heterocycles. The summed E-state index contributed by atoms with van der Waals surface area (Å²) in [6.45, 7) is 12.5. The molecule has 0 saturated carbocycles. The molecular weight excluding hydrogens is 246 g/mol. The van der Waals surface area contributed by atoms with Crippen molar-refractivity contribution in [3.63, 3.8) is 0 Å². The van der Waals surface area contributed by atoms with Crippen LogP contribution in [0.5, 0.6) is 0 Å². The highest BCUT2D eigenvalue weighted by atomic mass is 15.1. The van der Waals surface area contributed by atoms with Crippen molar-refractivity contribution in [3.8, 4) is 0 Å². The number of hydrogen-bond donors (Lipinski definition) is 1. The fourth-order valence-corrected chi connectivity index (χ4v) is 2.19. The maximum atomic E-state index is 4.47. The molecule has 2 rings (SSSR count). The molecule has 0 saturated heterocycles. The molecule has 0 bridgehead atoms. The molecule has 1 aromatic heterocycles. The lowest BCUT2D eigenvalue weighted by Gasteiger charge is -2.21. The first-order chi connectivity index (χ1) is 9.37. The van der Waals surface area contributed by atoms with Crippen molar-refractivity contribution in [2.45, 2.75) is 53.2 Å². The van der Waals surface area contributed by atoms with Crippen LogP contribution in [0.4, 0.5) is 0 Å². The topological polar surface area (TPSA) is 29.9 Å². The number of aromatic nitrogens is 2. The summed E-state index contributed by atoms with van der Waals surface area (Å²) in [6.07, 6.45) is 1.98. The minimum absolute atomic E-state index is 0.117. The second-order valence-corrected chi connectivity index (χ2v) is 6.41. The van der Waals surface area contributed by atoms with Crippen molar-refractivity contribution in [1.29, 1.82) is 0 Å². The van der Waals surface area contributed by atoms with Gasteiger partial charge in [-0.15, -0.1) is 0 Å². The molecule has 20 heavy (non-hydrogen) atoms. The van der Waals surface area contributed by atoms with Gasteiger partial charge in [-0.05, 0) is 45.7 Å². The molecule has 0 atom stereocenters. The van der Waals surface area contributed by atoms with Gasteiger partial charge in [0.05, 0.1) is 5.69 Å². The Labute approximate surface area is 122 Å². The van der Waals surface area contributed by atoms with Crippen molar-refractivity contribution in [3.05, 3.63) is 53.1 Å². The summed E-state index contributed by atoms with van der Waals surface area (Å²) in [5.41, 5.74) is 4.03. The van der Waals surface area contributed by atoms with Crippen LogP contribution >= 0.6 is 0 Å². The van der Waals surface area contributed by atoms with E-state index < -0.39 is 0 Å². The van der Waals surface area contributed by atoms with Crippen LogP contribution in [-0.4, -0.2) is 15.1 Å². The van der Waals surface area contributed by atoms with Crippen molar-refractivity contribution in [1.82, 2.24) is 14.9 Å². The van der Waals surface area contributed by atoms with E-state index in [-0.39, 0.29) is 5.54 Å². The normalized spacial score (nSPS) is 11.8. The number of hydrogen-bond acceptors (Lipinski definition) is 2. The Morgan fingerprint density at radius 2 is 1.85 bits per heavy atom. The quantitative estimate of drug-likeness (QED) is 0.923. The van der Waals surface area contributed by atoms with Crippen LogP contribution in [0, 0.1) is 13.8 Å². The molecule has 3 nitrogen and oxygen atoms in total. The van der Waals surface area contributed by atoms with Crippen molar-refractivity contribution >= 4 is 0 Å². The molecule has 1 aromatic carbocycles. The first-order valence-corrected chi connectivity index (χ1v) is 7.17. The second-order valence-electron chi connectivity index (χ2n) is 6.41. The minimum Gasteiger partial charge on any atom is -0.327 e. The Bertz CT molecular complexity index is 576. The largest absolute Gasteiger partial charge is 0.327 e. The van der Waals surface area contributed by atoms with Gasteiger partial charge in [0.15, 0.2) is 0 Å². The number of nitrogens with zero attached hydrogens (tertiary/aromatic N) is 2. The maximum absolute atomic E-state index is 4.47. The Hall–Kier alpha value is -1.61. The molecule has 0 aliphatic rings. The van der Waals surface area contributed by atoms with E-state index in [1.54, 1.807) is 0 Å². The highest BCUT2D eigenvalue weighted by Gasteiger charge is 2.12. The Kier molecular flexibility index (Phi) is 4.29. The van der Waals surface area contributed by atoms with Gasteiger partial charge in [0, 0.05) is 24.8 Å². The molecule has 1 heterocycles. The molecule has 0 unspecified atom stereocenters. The molecule has 0 spiro atoms. The Balaban J connectivity index is 2.19. The van der Waals surface area contributed by atoms with Crippen LogP contribution in [0.25, 0.3) is 0 Å². The van der Waals surface area contributed by atoms with E-state index in [1.165, 1.54) is 16.8 Å². The summed E-state index contributed by atoms with van der Waals surface area (Å²) >= 11 is 0. The molecule has 0 aliphatic carbocycles. The molecule has 3 heteroatoms. The molecule has 108 valence electrons. The lowest BCUT2D eigenvalue weighted by Crippen LogP contribution is -2.35. The number of benzene rings is 1. The van der Waals surface area contributed by atoms with Gasteiger partial charge in [-0.1, -0.05) is 24.3 Å². The molecule has 0 radical (unpaired) electrons. The van der Waals surface area contributed by atoms with E-state index in [1.807, 2.05) is 6.20 Å². The first-order valence-electron chi connectivity index (χ1n) is 7.17. The van der Waals surface area contributed by atoms with Crippen LogP contribution in [0.2, 0.25) is 0 Å². The average molecular weight is 271 g/mol. The van der Waals surface area contributed by atoms with Crippen molar-refractivity contribution in [2.24, 2.45) is 0 Å². The van der Waals surface area contributed by atoms with Gasteiger partial charge in [0.25, 0.3) is 0 Å². The predicted octanol–water partition coefficient (Wildman–Crippen LogP) is 3.44. The van der Waals surface area contributed by atoms with E-state index in [9.17, 15) is 0 Å². The monoisotopic (exact) mass is 271 g/mol. The molecule has 2 aromatic rings. The lowest BCUT2D eigenvalue weighted by molar-refractivity contribution is 0.416. The molecular formula is C17H25N3. The summed E-state index contributed by atoms with van der Waals surface area (Å²) < 4.78 is 2.29. The van der Waals surface area contributed by atoms with Crippen LogP contribution < -0.4 is 5.32 Å². The Morgan fingerprint density at radius 1 is 1.15 bits per heavy atom. The summed E-state index contributed by atoms with van der Waals surface area (Å²) in [7, 11) is 0. The van der Waals surface area contributed by atoms with Crippen LogP contribution in [0.1, 0.15) is 43.4 Å². The van der Waals surface area contributed by atoms with Crippen molar-refractivity contribution < 1.29 is 0 Å². The smallest absolute Gasteiger partial charge is 0.106 e. The first kappa shape index (κ1) is 14.8. The summed E-state index contributed by atoms with van der Waals surface area (Å²) in [5, 5.41) is 3.53. The zero-order valence-corrected chi connectivity index (χ0v) is 13.2. The van der Waals surface area contributed by atoms with Crippen LogP contribution in [0.15, 0.2) is 30.5 Å². The number of rotatable bonds is 4. The van der Waals surface area contributed by atoms with Crippen molar-refractivity contribution in [2.75, 3.05) is 0 Å². The third-order valence-electron chi connectivity index (χ3n) is 3.53. The standard InChI is InChI=1S/C17H25N3/c1-13-8-6-7-9-15(13)12-20-14(2)18-10-16(20)11-19-17(3,4)5/h6-10,19H,11-12H2,1-5H3. The zero-order chi connectivity index (χ0) is 14.8. The van der Waals surface area contributed by atoms with Gasteiger partial charge < -0.3 is 9.88 Å². The third-order valence-corrected chi connectivity index (χ3v) is 3.53. The van der Waals surface area contributed by atoms with Crippen LogP contribution in [-0.2, 0) is 13.1 Å². The number of imidazole rings is 1. The highest BCUT2D eigenvalue weighted by Crippen LogP contribution is 2.14. The fraction of sp³-hybridized carbons (Fsp3) is 0.471. The fourth-order valence-electron chi connectivity index (χ4n) is 2.19. The zero-order valence-electron chi connectivity index (χ0n) is 13.2. The minimum atomic E-state index is 0.117. The van der Waals surface area contributed by atoms with Gasteiger partial charge in [0.2, 0.25) is 0 Å². The summed E-state index contributed by atoms with van der Waals surface area (Å²) in [6, 6.07) is 8.54. The number of nitrogens with one attached hydrogen (secondary N) is 1. The third kappa shape index (κ3) is 3.70. The van der Waals surface area contributed by atoms with Gasteiger partial charge in [-0.2, -0.15) is 0 Å². The SMILES string of the molecule is Cc1ccccc1Cn1c(CNC(C)(C)C)cnc1C. The molecule has 1 N–H and O–H groups in total. The van der Waals surface area contributed by atoms with Gasteiger partial charge in [0.1, 0.15) is 5.82 Å². The lowest BCUT2D eigenvalue weighted by atomic mass is 10.1. The van der Waals surface area contributed by atoms with E-state index in [2.05, 4.69) is 73.8 Å². The average Bonchev–Trinajstić information content (AvgIpc) is 2.70. The van der Waals surface area contributed by atoms with E-state index >= 15 is 0 Å². The predicted molar refractivity (Wildman–Crippen MR) is 83.8 cm³/mol. The summed E-state index contributed by atoms with van der Waals surface area (Å²) in [5.74, 6) is 1.07. The van der Waals surface area contributed by atoms with Crippen LogP contribution in [0.3, 0.4) is 0 Å². The van der Waals surface area contributed by atoms with Gasteiger partial charge >= 0.3 is 0 Å². The van der Waals surface area contributed by atoms with E-state index in [4.69, 9.17) is 0 Å². The number of aryl methyl sites for hydroxylation is 2. The van der Waals surface area contributed by atoms with Gasteiger partial charge in [-0.3, -0.25) is 0 Å². The maximum Gasteiger partial charge on any atom is 0.106 e.